The number of hydrogen-bond donors (Lipinski definition) is 0. The largest absolute Gasteiger partial charge is 0.416 e. The Morgan fingerprint density at radius 1 is 0.352 bits per heavy atom. The molecule has 0 fully saturated rings. The van der Waals surface area contributed by atoms with Gasteiger partial charge in [0.05, 0.1) is 22.3 Å². The van der Waals surface area contributed by atoms with Crippen LogP contribution < -0.4 is 21.9 Å². The van der Waals surface area contributed by atoms with Gasteiger partial charge in [-0.2, -0.15) is 74.5 Å². The molecule has 0 aliphatic carbocycles. The van der Waals surface area contributed by atoms with Gasteiger partial charge in [0.15, 0.2) is 25.8 Å². The quantitative estimate of drug-likeness (QED) is 0.0609. The van der Waals surface area contributed by atoms with Crippen molar-refractivity contribution in [2.75, 3.05) is 0 Å². The molecule has 8 rings (SSSR count). The monoisotopic (exact) mass is 998 g/mol. The minimum atomic E-state index is -4.77. The predicted molar refractivity (Wildman–Crippen MR) is 256 cm³/mol. The molecule has 8 aromatic rings. The minimum Gasteiger partial charge on any atom is -0.195 e. The smallest absolute Gasteiger partial charge is 0.195 e. The van der Waals surface area contributed by atoms with Gasteiger partial charge in [0.25, 0.3) is 0 Å². The molecule has 1 atom stereocenters. The molecule has 0 aliphatic rings. The Bertz CT molecular complexity index is 2870. The Morgan fingerprint density at radius 2 is 0.648 bits per heavy atom. The Hall–Kier alpha value is -7.31. The molecule has 0 bridgehead atoms. The molecule has 8 aromatic carbocycles. The highest BCUT2D eigenvalue weighted by molar-refractivity contribution is 8.06. The lowest BCUT2D eigenvalue weighted by atomic mass is 9.13. The summed E-state index contributed by atoms with van der Waals surface area (Å²) in [6.07, 6.45) is -21.1. The van der Waals surface area contributed by atoms with Gasteiger partial charge in [-0.05, 0) is 47.7 Å². The molecule has 0 spiro atoms. The van der Waals surface area contributed by atoms with E-state index in [9.17, 15) is 56.9 Å². The second kappa shape index (κ2) is 21.0. The van der Waals surface area contributed by atoms with Crippen molar-refractivity contribution in [3.63, 3.8) is 0 Å². The molecule has 15 heteroatoms. The van der Waals surface area contributed by atoms with E-state index in [4.69, 9.17) is 0 Å². The fraction of sp³-hybridized carbons (Fsp3) is 0.107. The summed E-state index contributed by atoms with van der Waals surface area (Å²) in [5.41, 5.74) is 0.137. The van der Waals surface area contributed by atoms with Crippen LogP contribution in [0, 0.1) is 11.2 Å². The molecule has 0 aromatic heterocycles. The van der Waals surface area contributed by atoms with Crippen LogP contribution in [0.3, 0.4) is 0 Å². The van der Waals surface area contributed by atoms with Crippen LogP contribution >= 0.6 is 0 Å². The highest BCUT2D eigenvalue weighted by Crippen LogP contribution is 2.33. The van der Waals surface area contributed by atoms with Crippen molar-refractivity contribution in [3.8, 4) is 11.2 Å². The number of alkyl halides is 12. The summed E-state index contributed by atoms with van der Waals surface area (Å²) in [5.74, 6) is 3.53. The van der Waals surface area contributed by atoms with E-state index in [-0.39, 0.29) is 21.9 Å². The van der Waals surface area contributed by atoms with E-state index < -0.39 is 63.0 Å². The van der Waals surface area contributed by atoms with Gasteiger partial charge >= 0.3 is 24.7 Å². The van der Waals surface area contributed by atoms with Gasteiger partial charge in [-0.15, -0.1) is 0 Å². The first kappa shape index (κ1) is 51.5. The van der Waals surface area contributed by atoms with Gasteiger partial charge < -0.3 is 0 Å². The Morgan fingerprint density at radius 3 is 0.986 bits per heavy atom. The fourth-order valence-electron chi connectivity index (χ4n) is 8.30. The van der Waals surface area contributed by atoms with Crippen molar-refractivity contribution in [2.45, 2.75) is 41.8 Å². The zero-order valence-electron chi connectivity index (χ0n) is 37.1. The van der Waals surface area contributed by atoms with Crippen molar-refractivity contribution in [1.82, 2.24) is 0 Å². The first-order chi connectivity index (χ1) is 33.6. The van der Waals surface area contributed by atoms with Gasteiger partial charge in [-0.3, -0.25) is 0 Å². The van der Waals surface area contributed by atoms with Gasteiger partial charge in [0, 0.05) is 11.1 Å². The van der Waals surface area contributed by atoms with E-state index in [0.29, 0.717) is 54.3 Å². The van der Waals surface area contributed by atoms with Crippen LogP contribution in [0.5, 0.6) is 0 Å². The number of hydrogen-bond acceptors (Lipinski definition) is 1. The minimum absolute atomic E-state index is 0.0114. The Kier molecular flexibility index (Phi) is 15.2. The summed E-state index contributed by atoms with van der Waals surface area (Å²) in [4.78, 5) is 0.779. The normalized spacial score (nSPS) is 13.0. The lowest BCUT2D eigenvalue weighted by molar-refractivity contribution is -0.138. The van der Waals surface area contributed by atoms with Gasteiger partial charge in [-0.25, -0.2) is 0 Å². The summed E-state index contributed by atoms with van der Waals surface area (Å²) < 4.78 is 174. The molecule has 0 saturated heterocycles. The number of benzene rings is 8. The number of halogens is 12. The standard InChI is InChI=1S/C28H16BF12.C28H23OS/c30-25(31,32)17-1-9-21(10-2-17)29(22-11-3-18(4-12-22)26(33,34)35,23-13-5-19(6-14-23)27(36,37)38)24-15-7-20(8-16-24)28(39,40)41;29-30(28-14-8-3-9-15-28,21-20-24-10-4-1-5-11-24)23-27-18-16-26(17-19-27)22-25-12-6-2-7-13-25/h1-16H;1-19H,22-23H2/q-1;+1. The van der Waals surface area contributed by atoms with Gasteiger partial charge in [-0.1, -0.05) is 192 Å². The lowest BCUT2D eigenvalue weighted by Crippen LogP contribution is -2.74. The summed E-state index contributed by atoms with van der Waals surface area (Å²) in [6.45, 7) is 0. The van der Waals surface area contributed by atoms with E-state index in [0.717, 1.165) is 71.0 Å². The molecule has 71 heavy (non-hydrogen) atoms. The molecular formula is C56H39BF12OS. The topological polar surface area (TPSA) is 17.1 Å². The van der Waals surface area contributed by atoms with Crippen molar-refractivity contribution >= 4 is 37.9 Å². The van der Waals surface area contributed by atoms with Crippen LogP contribution in [0.15, 0.2) is 217 Å². The van der Waals surface area contributed by atoms with E-state index in [2.05, 4.69) is 59.7 Å². The van der Waals surface area contributed by atoms with E-state index in [1.807, 2.05) is 66.7 Å². The second-order valence-corrected chi connectivity index (χ2v) is 18.9. The first-order valence-corrected chi connectivity index (χ1v) is 23.4. The molecular weight excluding hydrogens is 959 g/mol. The van der Waals surface area contributed by atoms with Crippen LogP contribution in [-0.4, -0.2) is 6.15 Å². The molecule has 0 N–H and O–H groups in total. The van der Waals surface area contributed by atoms with Crippen LogP contribution in [0.4, 0.5) is 52.7 Å². The molecule has 0 amide bonds. The maximum Gasteiger partial charge on any atom is 0.416 e. The fourth-order valence-corrected chi connectivity index (χ4v) is 10.2. The Labute approximate surface area is 403 Å². The summed E-state index contributed by atoms with van der Waals surface area (Å²) >= 11 is 0. The zero-order valence-corrected chi connectivity index (χ0v) is 37.9. The van der Waals surface area contributed by atoms with E-state index >= 15 is 0 Å². The molecule has 0 heterocycles. The highest BCUT2D eigenvalue weighted by Gasteiger charge is 2.38. The van der Waals surface area contributed by atoms with Crippen LogP contribution in [0.1, 0.15) is 44.5 Å². The second-order valence-electron chi connectivity index (χ2n) is 16.5. The van der Waals surface area contributed by atoms with Gasteiger partial charge in [0.2, 0.25) is 0 Å². The summed E-state index contributed by atoms with van der Waals surface area (Å²) in [6, 6.07) is 51.7. The predicted octanol–water partition coefficient (Wildman–Crippen LogP) is 13.5. The average molecular weight is 999 g/mol. The van der Waals surface area contributed by atoms with E-state index in [1.54, 1.807) is 0 Å². The molecule has 0 aliphatic heterocycles. The van der Waals surface area contributed by atoms with Crippen molar-refractivity contribution < 1.29 is 56.9 Å². The van der Waals surface area contributed by atoms with Crippen LogP contribution in [0.25, 0.3) is 0 Å². The third kappa shape index (κ3) is 12.5. The third-order valence-electron chi connectivity index (χ3n) is 11.9. The summed E-state index contributed by atoms with van der Waals surface area (Å²) in [7, 11) is -2.55. The summed E-state index contributed by atoms with van der Waals surface area (Å²) in [5, 5.41) is 3.11. The highest BCUT2D eigenvalue weighted by atomic mass is 32.2. The van der Waals surface area contributed by atoms with Gasteiger partial charge in [0.1, 0.15) is 6.15 Å². The number of rotatable bonds is 9. The zero-order chi connectivity index (χ0) is 51.1. The lowest BCUT2D eigenvalue weighted by Gasteiger charge is -2.44. The van der Waals surface area contributed by atoms with Crippen molar-refractivity contribution in [1.29, 1.82) is 0 Å². The molecule has 1 nitrogen and oxygen atoms in total. The maximum absolute atomic E-state index is 13.9. The van der Waals surface area contributed by atoms with Crippen LogP contribution in [0.2, 0.25) is 0 Å². The van der Waals surface area contributed by atoms with Crippen molar-refractivity contribution in [2.24, 2.45) is 0 Å². The van der Waals surface area contributed by atoms with Crippen molar-refractivity contribution in [3.05, 3.63) is 257 Å². The molecule has 0 radical (unpaired) electrons. The van der Waals surface area contributed by atoms with E-state index in [1.165, 1.54) is 11.1 Å². The third-order valence-corrected chi connectivity index (χ3v) is 14.1. The average Bonchev–Trinajstić information content (AvgIpc) is 3.35. The SMILES string of the molecule is FC(F)(F)c1ccc([B-](c2ccc(C(F)(F)F)cc2)(c2ccc(C(F)(F)F)cc2)c2ccc(C(F)(F)F)cc2)cc1.O=[S+](C#Cc1ccccc1)(Cc1ccc(Cc2ccccc2)cc1)c1ccccc1. The van der Waals surface area contributed by atoms with Crippen LogP contribution in [-0.2, 0) is 51.0 Å². The molecule has 362 valence electrons. The molecule has 0 saturated carbocycles. The molecule has 1 unspecified atom stereocenters. The Balaban J connectivity index is 0.000000219. The maximum atomic E-state index is 13.9. The first-order valence-electron chi connectivity index (χ1n) is 21.7.